The molecule has 0 saturated heterocycles. The molecule has 60 valence electrons. The van der Waals surface area contributed by atoms with Crippen molar-refractivity contribution >= 4 is 12.3 Å². The van der Waals surface area contributed by atoms with Crippen molar-refractivity contribution in [2.45, 2.75) is 6.92 Å². The van der Waals surface area contributed by atoms with Gasteiger partial charge in [0.25, 0.3) is 0 Å². The first-order valence-electron chi connectivity index (χ1n) is 3.12. The SMILES string of the molecule is C=CCOC(=O)C=C(C)C=O. The van der Waals surface area contributed by atoms with Crippen LogP contribution < -0.4 is 0 Å². The third-order valence-electron chi connectivity index (χ3n) is 0.875. The van der Waals surface area contributed by atoms with E-state index in [1.807, 2.05) is 0 Å². The summed E-state index contributed by atoms with van der Waals surface area (Å²) < 4.78 is 4.57. The summed E-state index contributed by atoms with van der Waals surface area (Å²) in [6.07, 6.45) is 3.19. The molecular weight excluding hydrogens is 144 g/mol. The Labute approximate surface area is 65.4 Å². The van der Waals surface area contributed by atoms with Crippen molar-refractivity contribution < 1.29 is 14.3 Å². The number of carbonyl (C=O) groups excluding carboxylic acids is 2. The van der Waals surface area contributed by atoms with E-state index in [0.717, 1.165) is 6.08 Å². The second kappa shape index (κ2) is 5.41. The molecule has 0 rings (SSSR count). The summed E-state index contributed by atoms with van der Waals surface area (Å²) in [6.45, 7) is 5.06. The normalized spacial score (nSPS) is 10.5. The molecule has 0 atom stereocenters. The van der Waals surface area contributed by atoms with E-state index in [1.54, 1.807) is 0 Å². The topological polar surface area (TPSA) is 43.4 Å². The smallest absolute Gasteiger partial charge is 0.331 e. The average molecular weight is 154 g/mol. The summed E-state index contributed by atoms with van der Waals surface area (Å²) in [5.74, 6) is -0.519. The minimum absolute atomic E-state index is 0.168. The highest BCUT2D eigenvalue weighted by atomic mass is 16.5. The predicted octanol–water partition coefficient (Wildman–Crippen LogP) is 0.861. The highest BCUT2D eigenvalue weighted by molar-refractivity contribution is 5.89. The third-order valence-corrected chi connectivity index (χ3v) is 0.875. The number of hydrogen-bond acceptors (Lipinski definition) is 3. The lowest BCUT2D eigenvalue weighted by molar-refractivity contribution is -0.136. The lowest BCUT2D eigenvalue weighted by Crippen LogP contribution is -2.01. The van der Waals surface area contributed by atoms with Gasteiger partial charge in [0, 0.05) is 6.08 Å². The van der Waals surface area contributed by atoms with Gasteiger partial charge in [-0.15, -0.1) is 0 Å². The molecule has 0 aliphatic rings. The lowest BCUT2D eigenvalue weighted by Gasteiger charge is -1.94. The molecule has 0 N–H and O–H groups in total. The zero-order valence-electron chi connectivity index (χ0n) is 6.37. The predicted molar refractivity (Wildman–Crippen MR) is 41.0 cm³/mol. The number of hydrogen-bond donors (Lipinski definition) is 0. The van der Waals surface area contributed by atoms with Crippen LogP contribution in [0.15, 0.2) is 24.3 Å². The Bertz CT molecular complexity index is 192. The molecule has 0 spiro atoms. The first kappa shape index (κ1) is 9.62. The van der Waals surface area contributed by atoms with Crippen LogP contribution >= 0.6 is 0 Å². The molecule has 0 fully saturated rings. The molecule has 0 unspecified atom stereocenters. The Morgan fingerprint density at radius 2 is 2.27 bits per heavy atom. The molecule has 11 heavy (non-hydrogen) atoms. The van der Waals surface area contributed by atoms with E-state index in [-0.39, 0.29) is 6.61 Å². The molecule has 0 radical (unpaired) electrons. The van der Waals surface area contributed by atoms with Gasteiger partial charge in [-0.2, -0.15) is 0 Å². The van der Waals surface area contributed by atoms with Crippen molar-refractivity contribution in [3.8, 4) is 0 Å². The number of esters is 1. The summed E-state index contributed by atoms with van der Waals surface area (Å²) in [5.41, 5.74) is 0.346. The van der Waals surface area contributed by atoms with Gasteiger partial charge in [0.1, 0.15) is 12.9 Å². The van der Waals surface area contributed by atoms with Crippen molar-refractivity contribution in [1.82, 2.24) is 0 Å². The van der Waals surface area contributed by atoms with Crippen molar-refractivity contribution in [1.29, 1.82) is 0 Å². The zero-order chi connectivity index (χ0) is 8.69. The molecule has 0 heterocycles. The van der Waals surface area contributed by atoms with E-state index in [0.29, 0.717) is 11.9 Å². The number of rotatable bonds is 4. The second-order valence-electron chi connectivity index (χ2n) is 1.92. The zero-order valence-corrected chi connectivity index (χ0v) is 6.37. The first-order valence-corrected chi connectivity index (χ1v) is 3.12. The monoisotopic (exact) mass is 154 g/mol. The summed E-state index contributed by atoms with van der Waals surface area (Å²) >= 11 is 0. The fraction of sp³-hybridized carbons (Fsp3) is 0.250. The number of aldehydes is 1. The lowest BCUT2D eigenvalue weighted by atomic mass is 10.3. The molecule has 0 aliphatic heterocycles. The summed E-state index contributed by atoms with van der Waals surface area (Å²) in [7, 11) is 0. The van der Waals surface area contributed by atoms with Crippen LogP contribution in [0.2, 0.25) is 0 Å². The molecule has 3 nitrogen and oxygen atoms in total. The van der Waals surface area contributed by atoms with E-state index in [2.05, 4.69) is 11.3 Å². The van der Waals surface area contributed by atoms with E-state index in [1.165, 1.54) is 13.0 Å². The van der Waals surface area contributed by atoms with E-state index in [4.69, 9.17) is 0 Å². The first-order chi connectivity index (χ1) is 5.20. The van der Waals surface area contributed by atoms with Crippen LogP contribution in [0.1, 0.15) is 6.92 Å². The van der Waals surface area contributed by atoms with Gasteiger partial charge in [0.2, 0.25) is 0 Å². The summed E-state index contributed by atoms with van der Waals surface area (Å²) in [6, 6.07) is 0. The molecule has 0 aromatic rings. The largest absolute Gasteiger partial charge is 0.458 e. The Hall–Kier alpha value is -1.38. The molecular formula is C8H10O3. The Kier molecular flexibility index (Phi) is 4.73. The van der Waals surface area contributed by atoms with E-state index < -0.39 is 5.97 Å². The number of carbonyl (C=O) groups is 2. The van der Waals surface area contributed by atoms with E-state index in [9.17, 15) is 9.59 Å². The molecule has 0 amide bonds. The second-order valence-corrected chi connectivity index (χ2v) is 1.92. The van der Waals surface area contributed by atoms with Crippen LogP contribution in [0.4, 0.5) is 0 Å². The van der Waals surface area contributed by atoms with Crippen LogP contribution in [0, 0.1) is 0 Å². The Morgan fingerprint density at radius 3 is 2.73 bits per heavy atom. The Balaban J connectivity index is 3.85. The summed E-state index contributed by atoms with van der Waals surface area (Å²) in [4.78, 5) is 20.7. The van der Waals surface area contributed by atoms with Crippen LogP contribution in [0.5, 0.6) is 0 Å². The van der Waals surface area contributed by atoms with Crippen LogP contribution in [0.25, 0.3) is 0 Å². The van der Waals surface area contributed by atoms with Crippen molar-refractivity contribution in [2.75, 3.05) is 6.61 Å². The maximum absolute atomic E-state index is 10.7. The molecule has 0 saturated carbocycles. The van der Waals surface area contributed by atoms with Gasteiger partial charge in [0.15, 0.2) is 0 Å². The Morgan fingerprint density at radius 1 is 1.64 bits per heavy atom. The average Bonchev–Trinajstić information content (AvgIpc) is 2.00. The van der Waals surface area contributed by atoms with Crippen LogP contribution in [-0.2, 0) is 14.3 Å². The molecule has 0 aliphatic carbocycles. The molecule has 3 heteroatoms. The maximum Gasteiger partial charge on any atom is 0.331 e. The van der Waals surface area contributed by atoms with Gasteiger partial charge in [-0.3, -0.25) is 4.79 Å². The fourth-order valence-electron chi connectivity index (χ4n) is 0.403. The minimum atomic E-state index is -0.519. The van der Waals surface area contributed by atoms with Crippen LogP contribution in [-0.4, -0.2) is 18.9 Å². The molecule has 0 aromatic heterocycles. The highest BCUT2D eigenvalue weighted by Crippen LogP contribution is 1.88. The van der Waals surface area contributed by atoms with Gasteiger partial charge in [-0.1, -0.05) is 12.7 Å². The van der Waals surface area contributed by atoms with Gasteiger partial charge in [-0.05, 0) is 12.5 Å². The van der Waals surface area contributed by atoms with Crippen molar-refractivity contribution in [3.63, 3.8) is 0 Å². The quantitative estimate of drug-likeness (QED) is 0.261. The van der Waals surface area contributed by atoms with Crippen molar-refractivity contribution in [2.24, 2.45) is 0 Å². The number of allylic oxidation sites excluding steroid dienone is 1. The van der Waals surface area contributed by atoms with E-state index >= 15 is 0 Å². The van der Waals surface area contributed by atoms with Gasteiger partial charge >= 0.3 is 5.97 Å². The van der Waals surface area contributed by atoms with Gasteiger partial charge < -0.3 is 4.74 Å². The number of ether oxygens (including phenoxy) is 1. The molecule has 0 bridgehead atoms. The summed E-state index contributed by atoms with van der Waals surface area (Å²) in [5, 5.41) is 0. The highest BCUT2D eigenvalue weighted by Gasteiger charge is 1.95. The fourth-order valence-corrected chi connectivity index (χ4v) is 0.403. The van der Waals surface area contributed by atoms with Gasteiger partial charge in [-0.25, -0.2) is 4.79 Å². The maximum atomic E-state index is 10.7. The van der Waals surface area contributed by atoms with Crippen LogP contribution in [0.3, 0.4) is 0 Å². The van der Waals surface area contributed by atoms with Gasteiger partial charge in [0.05, 0.1) is 0 Å². The molecule has 0 aromatic carbocycles. The third kappa shape index (κ3) is 5.08. The standard InChI is InChI=1S/C8H10O3/c1-3-4-11-8(10)5-7(2)6-9/h3,5-6H,1,4H2,2H3. The minimum Gasteiger partial charge on any atom is -0.458 e. The van der Waals surface area contributed by atoms with Crippen molar-refractivity contribution in [3.05, 3.63) is 24.3 Å².